The van der Waals surface area contributed by atoms with E-state index in [4.69, 9.17) is 5.73 Å². The molecule has 1 aliphatic rings. The molecule has 9 heavy (non-hydrogen) atoms. The third-order valence-corrected chi connectivity index (χ3v) is 1.67. The van der Waals surface area contributed by atoms with E-state index in [0.29, 0.717) is 0 Å². The van der Waals surface area contributed by atoms with E-state index in [2.05, 4.69) is 13.0 Å². The summed E-state index contributed by atoms with van der Waals surface area (Å²) in [5, 5.41) is 0. The highest BCUT2D eigenvalue weighted by Gasteiger charge is 2.23. The molecule has 0 atom stereocenters. The van der Waals surface area contributed by atoms with E-state index in [0.717, 1.165) is 5.92 Å². The Hall–Kier alpha value is -0.720. The van der Waals surface area contributed by atoms with Crippen molar-refractivity contribution in [2.75, 3.05) is 0 Å². The fourth-order valence-corrected chi connectivity index (χ4v) is 0.996. The van der Waals surface area contributed by atoms with Crippen molar-refractivity contribution in [3.05, 3.63) is 23.9 Å². The maximum absolute atomic E-state index is 5.25. The van der Waals surface area contributed by atoms with Crippen molar-refractivity contribution >= 4 is 0 Å². The molecule has 0 aromatic heterocycles. The quantitative estimate of drug-likeness (QED) is 0.557. The lowest BCUT2D eigenvalue weighted by Crippen LogP contribution is -1.82. The van der Waals surface area contributed by atoms with Gasteiger partial charge in [0.25, 0.3) is 0 Å². The molecule has 50 valence electrons. The molecule has 1 nitrogen and oxygen atoms in total. The van der Waals surface area contributed by atoms with Crippen molar-refractivity contribution in [3.63, 3.8) is 0 Å². The van der Waals surface area contributed by atoms with Crippen molar-refractivity contribution < 1.29 is 0 Å². The number of rotatable bonds is 2. The van der Waals surface area contributed by atoms with Crippen LogP contribution in [0.4, 0.5) is 0 Å². The zero-order valence-electron chi connectivity index (χ0n) is 5.80. The first-order valence-corrected chi connectivity index (χ1v) is 3.43. The topological polar surface area (TPSA) is 26.0 Å². The Kier molecular flexibility index (Phi) is 1.93. The van der Waals surface area contributed by atoms with E-state index >= 15 is 0 Å². The summed E-state index contributed by atoms with van der Waals surface area (Å²) in [5.41, 5.74) is 6.65. The summed E-state index contributed by atoms with van der Waals surface area (Å²) in [4.78, 5) is 0. The van der Waals surface area contributed by atoms with Crippen molar-refractivity contribution in [3.8, 4) is 0 Å². The molecule has 1 aliphatic carbocycles. The predicted octanol–water partition coefficient (Wildman–Crippen LogP) is 1.82. The highest BCUT2D eigenvalue weighted by Crippen LogP contribution is 2.36. The van der Waals surface area contributed by atoms with E-state index in [9.17, 15) is 0 Å². The molecule has 0 amide bonds. The molecule has 1 saturated carbocycles. The van der Waals surface area contributed by atoms with Gasteiger partial charge >= 0.3 is 0 Å². The molecule has 1 heteroatoms. The highest BCUT2D eigenvalue weighted by molar-refractivity contribution is 5.23. The van der Waals surface area contributed by atoms with Gasteiger partial charge in [0, 0.05) is 0 Å². The smallest absolute Gasteiger partial charge is 0.00596 e. The van der Waals surface area contributed by atoms with Gasteiger partial charge in [-0.05, 0) is 43.5 Å². The lowest BCUT2D eigenvalue weighted by molar-refractivity contribution is 1.04. The van der Waals surface area contributed by atoms with Gasteiger partial charge in [-0.25, -0.2) is 0 Å². The SMILES string of the molecule is C/C=C(\C=C/N)C1CC1. The zero-order valence-corrected chi connectivity index (χ0v) is 5.80. The predicted molar refractivity (Wildman–Crippen MR) is 39.8 cm³/mol. The van der Waals surface area contributed by atoms with Crippen LogP contribution < -0.4 is 5.73 Å². The lowest BCUT2D eigenvalue weighted by atomic mass is 10.1. The van der Waals surface area contributed by atoms with Crippen LogP contribution in [0.15, 0.2) is 23.9 Å². The van der Waals surface area contributed by atoms with Crippen LogP contribution in [-0.2, 0) is 0 Å². The third kappa shape index (κ3) is 1.60. The molecule has 2 N–H and O–H groups in total. The molecule has 0 aromatic rings. The van der Waals surface area contributed by atoms with E-state index in [1.807, 2.05) is 6.08 Å². The first-order chi connectivity index (χ1) is 4.38. The average Bonchev–Trinajstić information content (AvgIpc) is 2.64. The summed E-state index contributed by atoms with van der Waals surface area (Å²) < 4.78 is 0. The summed E-state index contributed by atoms with van der Waals surface area (Å²) in [7, 11) is 0. The second-order valence-electron chi connectivity index (χ2n) is 2.42. The van der Waals surface area contributed by atoms with Crippen molar-refractivity contribution in [1.29, 1.82) is 0 Å². The second kappa shape index (κ2) is 2.72. The third-order valence-electron chi connectivity index (χ3n) is 1.67. The molecule has 0 bridgehead atoms. The molecule has 0 heterocycles. The summed E-state index contributed by atoms with van der Waals surface area (Å²) in [6.07, 6.45) is 8.46. The number of hydrogen-bond donors (Lipinski definition) is 1. The Bertz CT molecular complexity index is 141. The van der Waals surface area contributed by atoms with Crippen LogP contribution in [0, 0.1) is 5.92 Å². The Morgan fingerprint density at radius 3 is 2.56 bits per heavy atom. The molecular formula is C8H13N. The monoisotopic (exact) mass is 123 g/mol. The molecule has 0 unspecified atom stereocenters. The maximum atomic E-state index is 5.25. The van der Waals surface area contributed by atoms with Gasteiger partial charge in [0.15, 0.2) is 0 Å². The normalized spacial score (nSPS) is 21.2. The standard InChI is InChI=1S/C8H13N/c1-2-7(5-6-9)8-3-4-8/h2,5-6,8H,3-4,9H2,1H3/b6-5-,7-2+. The minimum absolute atomic E-state index is 0.829. The number of allylic oxidation sites excluding steroid dienone is 3. The van der Waals surface area contributed by atoms with E-state index < -0.39 is 0 Å². The molecule has 1 rings (SSSR count). The minimum atomic E-state index is 0.829. The van der Waals surface area contributed by atoms with E-state index in [-0.39, 0.29) is 0 Å². The van der Waals surface area contributed by atoms with Crippen LogP contribution in [0.1, 0.15) is 19.8 Å². The Balaban J connectivity index is 2.48. The van der Waals surface area contributed by atoms with Crippen LogP contribution in [0.25, 0.3) is 0 Å². The maximum Gasteiger partial charge on any atom is -0.00596 e. The van der Waals surface area contributed by atoms with Gasteiger partial charge in [0.1, 0.15) is 0 Å². The second-order valence-corrected chi connectivity index (χ2v) is 2.42. The summed E-state index contributed by atoms with van der Waals surface area (Å²) in [6.45, 7) is 2.06. The van der Waals surface area contributed by atoms with Crippen LogP contribution in [0.3, 0.4) is 0 Å². The molecule has 0 spiro atoms. The fourth-order valence-electron chi connectivity index (χ4n) is 0.996. The van der Waals surface area contributed by atoms with Gasteiger partial charge in [-0.3, -0.25) is 0 Å². The van der Waals surface area contributed by atoms with Crippen LogP contribution in [0.2, 0.25) is 0 Å². The summed E-state index contributed by atoms with van der Waals surface area (Å²) >= 11 is 0. The minimum Gasteiger partial charge on any atom is -0.405 e. The Morgan fingerprint density at radius 1 is 1.56 bits per heavy atom. The van der Waals surface area contributed by atoms with E-state index in [1.54, 1.807) is 6.20 Å². The highest BCUT2D eigenvalue weighted by atomic mass is 14.5. The molecule has 0 radical (unpaired) electrons. The molecule has 0 saturated heterocycles. The van der Waals surface area contributed by atoms with Gasteiger partial charge in [-0.15, -0.1) is 0 Å². The molecule has 0 aromatic carbocycles. The van der Waals surface area contributed by atoms with Crippen LogP contribution >= 0.6 is 0 Å². The van der Waals surface area contributed by atoms with Crippen LogP contribution in [-0.4, -0.2) is 0 Å². The van der Waals surface area contributed by atoms with Gasteiger partial charge in [0.05, 0.1) is 0 Å². The summed E-state index contributed by atoms with van der Waals surface area (Å²) in [5.74, 6) is 0.829. The van der Waals surface area contributed by atoms with Crippen molar-refractivity contribution in [1.82, 2.24) is 0 Å². The van der Waals surface area contributed by atoms with Gasteiger partial charge in [-0.2, -0.15) is 0 Å². The fraction of sp³-hybridized carbons (Fsp3) is 0.500. The van der Waals surface area contributed by atoms with E-state index in [1.165, 1.54) is 18.4 Å². The largest absolute Gasteiger partial charge is 0.405 e. The van der Waals surface area contributed by atoms with Crippen molar-refractivity contribution in [2.45, 2.75) is 19.8 Å². The zero-order chi connectivity index (χ0) is 6.69. The number of hydrogen-bond acceptors (Lipinski definition) is 1. The Morgan fingerprint density at radius 2 is 2.22 bits per heavy atom. The van der Waals surface area contributed by atoms with Crippen molar-refractivity contribution in [2.24, 2.45) is 11.7 Å². The summed E-state index contributed by atoms with van der Waals surface area (Å²) in [6, 6.07) is 0. The number of nitrogens with two attached hydrogens (primary N) is 1. The molecule has 0 aliphatic heterocycles. The lowest BCUT2D eigenvalue weighted by Gasteiger charge is -1.92. The first kappa shape index (κ1) is 6.40. The van der Waals surface area contributed by atoms with Crippen LogP contribution in [0.5, 0.6) is 0 Å². The first-order valence-electron chi connectivity index (χ1n) is 3.43. The Labute approximate surface area is 56.2 Å². The molecular weight excluding hydrogens is 110 g/mol. The molecule has 1 fully saturated rings. The van der Waals surface area contributed by atoms with Gasteiger partial charge in [-0.1, -0.05) is 6.08 Å². The van der Waals surface area contributed by atoms with Gasteiger partial charge in [0.2, 0.25) is 0 Å². The average molecular weight is 123 g/mol. The van der Waals surface area contributed by atoms with Gasteiger partial charge < -0.3 is 5.73 Å².